The van der Waals surface area contributed by atoms with Crippen molar-refractivity contribution in [1.82, 2.24) is 5.32 Å². The van der Waals surface area contributed by atoms with Gasteiger partial charge in [0, 0.05) is 16.3 Å². The third kappa shape index (κ3) is 4.74. The number of benzene rings is 1. The van der Waals surface area contributed by atoms with E-state index in [9.17, 15) is 18.7 Å². The summed E-state index contributed by atoms with van der Waals surface area (Å²) >= 11 is 1.54. The fraction of sp³-hybridized carbons (Fsp3) is 0.312. The highest BCUT2D eigenvalue weighted by Gasteiger charge is 2.14. The summed E-state index contributed by atoms with van der Waals surface area (Å²) in [6, 6.07) is 7.46. The molecule has 0 aliphatic carbocycles. The molecule has 1 heterocycles. The lowest BCUT2D eigenvalue weighted by molar-refractivity contribution is -0.0498. The molecule has 2 aromatic rings. The molecule has 0 radical (unpaired) electrons. The lowest BCUT2D eigenvalue weighted by atomic mass is 10.1. The molecule has 124 valence electrons. The molecule has 0 fully saturated rings. The van der Waals surface area contributed by atoms with Crippen molar-refractivity contribution in [2.75, 3.05) is 6.54 Å². The van der Waals surface area contributed by atoms with Gasteiger partial charge in [-0.15, -0.1) is 11.3 Å². The summed E-state index contributed by atoms with van der Waals surface area (Å²) in [6.07, 6.45) is -0.931. The maximum absolute atomic E-state index is 12.1. The smallest absolute Gasteiger partial charge is 0.387 e. The Balaban J connectivity index is 1.92. The molecule has 0 aliphatic heterocycles. The van der Waals surface area contributed by atoms with Crippen molar-refractivity contribution in [1.29, 1.82) is 0 Å². The molecule has 0 aliphatic rings. The van der Waals surface area contributed by atoms with Gasteiger partial charge in [0.25, 0.3) is 5.91 Å². The fourth-order valence-corrected chi connectivity index (χ4v) is 3.05. The first-order chi connectivity index (χ1) is 10.9. The van der Waals surface area contributed by atoms with Crippen molar-refractivity contribution >= 4 is 17.2 Å². The van der Waals surface area contributed by atoms with Crippen LogP contribution in [0.5, 0.6) is 5.75 Å². The highest BCUT2D eigenvalue weighted by molar-refractivity contribution is 7.12. The summed E-state index contributed by atoms with van der Waals surface area (Å²) in [5.41, 5.74) is 1.10. The summed E-state index contributed by atoms with van der Waals surface area (Å²) in [6.45, 7) is 0.932. The van der Waals surface area contributed by atoms with Gasteiger partial charge < -0.3 is 15.2 Å². The lowest BCUT2D eigenvalue weighted by Gasteiger charge is -2.13. The average Bonchev–Trinajstić information content (AvgIpc) is 2.83. The van der Waals surface area contributed by atoms with Gasteiger partial charge in [-0.2, -0.15) is 8.78 Å². The van der Waals surface area contributed by atoms with E-state index in [1.165, 1.54) is 35.6 Å². The Kier molecular flexibility index (Phi) is 5.68. The number of amides is 1. The number of aryl methyl sites for hydroxylation is 2. The molecular weight excluding hydrogens is 324 g/mol. The summed E-state index contributed by atoms with van der Waals surface area (Å²) < 4.78 is 28.4. The maximum atomic E-state index is 12.1. The number of hydrogen-bond donors (Lipinski definition) is 2. The second kappa shape index (κ2) is 7.52. The molecular formula is C16H17F2NO3S. The maximum Gasteiger partial charge on any atom is 0.387 e. The van der Waals surface area contributed by atoms with Gasteiger partial charge in [0.05, 0.1) is 11.7 Å². The third-order valence-electron chi connectivity index (χ3n) is 3.23. The van der Waals surface area contributed by atoms with Gasteiger partial charge in [-0.1, -0.05) is 12.1 Å². The molecule has 0 saturated heterocycles. The van der Waals surface area contributed by atoms with Crippen LogP contribution in [-0.2, 0) is 0 Å². The molecule has 7 heteroatoms. The standard InChI is InChI=1S/C16H17F2NO3S/c1-9-7-13(10(2)23-9)15(21)19-8-14(20)11-3-5-12(6-4-11)22-16(17)18/h3-7,14,16,20H,8H2,1-2H3,(H,19,21)/t14-/m0/s1. The fourth-order valence-electron chi connectivity index (χ4n) is 2.13. The topological polar surface area (TPSA) is 58.6 Å². The molecule has 2 N–H and O–H groups in total. The first-order valence-electron chi connectivity index (χ1n) is 6.95. The number of nitrogens with one attached hydrogen (secondary N) is 1. The van der Waals surface area contributed by atoms with Crippen molar-refractivity contribution in [3.8, 4) is 5.75 Å². The Morgan fingerprint density at radius 3 is 2.48 bits per heavy atom. The van der Waals surface area contributed by atoms with Crippen molar-refractivity contribution < 1.29 is 23.4 Å². The minimum atomic E-state index is -2.89. The van der Waals surface area contributed by atoms with Gasteiger partial charge in [0.15, 0.2) is 0 Å². The highest BCUT2D eigenvalue weighted by atomic mass is 32.1. The average molecular weight is 341 g/mol. The number of thiophene rings is 1. The minimum absolute atomic E-state index is 0.0179. The largest absolute Gasteiger partial charge is 0.435 e. The Hall–Kier alpha value is -1.99. The van der Waals surface area contributed by atoms with E-state index in [1.807, 2.05) is 13.8 Å². The van der Waals surface area contributed by atoms with E-state index in [4.69, 9.17) is 0 Å². The zero-order valence-corrected chi connectivity index (χ0v) is 13.5. The van der Waals surface area contributed by atoms with Crippen LogP contribution >= 0.6 is 11.3 Å². The summed E-state index contributed by atoms with van der Waals surface area (Å²) in [5.74, 6) is -0.229. The molecule has 0 spiro atoms. The molecule has 0 unspecified atom stereocenters. The Bertz CT molecular complexity index is 670. The molecule has 4 nitrogen and oxygen atoms in total. The van der Waals surface area contributed by atoms with Crippen LogP contribution in [0.25, 0.3) is 0 Å². The number of ether oxygens (including phenoxy) is 1. The van der Waals surface area contributed by atoms with E-state index < -0.39 is 12.7 Å². The van der Waals surface area contributed by atoms with Crippen LogP contribution in [0.3, 0.4) is 0 Å². The number of hydrogen-bond acceptors (Lipinski definition) is 4. The molecule has 2 rings (SSSR count). The van der Waals surface area contributed by atoms with Crippen molar-refractivity contribution in [3.05, 3.63) is 51.2 Å². The first kappa shape index (κ1) is 17.4. The van der Waals surface area contributed by atoms with Crippen LogP contribution in [0, 0.1) is 13.8 Å². The van der Waals surface area contributed by atoms with Crippen molar-refractivity contribution in [3.63, 3.8) is 0 Å². The predicted molar refractivity (Wildman–Crippen MR) is 84.2 cm³/mol. The predicted octanol–water partition coefficient (Wildman–Crippen LogP) is 3.43. The lowest BCUT2D eigenvalue weighted by Crippen LogP contribution is -2.28. The Morgan fingerprint density at radius 1 is 1.30 bits per heavy atom. The number of aliphatic hydroxyl groups is 1. The zero-order valence-electron chi connectivity index (χ0n) is 12.7. The van der Waals surface area contributed by atoms with Gasteiger partial charge in [-0.05, 0) is 37.6 Å². The van der Waals surface area contributed by atoms with Crippen LogP contribution < -0.4 is 10.1 Å². The van der Waals surface area contributed by atoms with Gasteiger partial charge in [0.1, 0.15) is 5.75 Å². The number of rotatable bonds is 6. The van der Waals surface area contributed by atoms with Crippen LogP contribution in [0.15, 0.2) is 30.3 Å². The minimum Gasteiger partial charge on any atom is -0.435 e. The summed E-state index contributed by atoms with van der Waals surface area (Å²) in [7, 11) is 0. The van der Waals surface area contributed by atoms with Gasteiger partial charge in [-0.3, -0.25) is 4.79 Å². The quantitative estimate of drug-likeness (QED) is 0.846. The molecule has 1 atom stereocenters. The summed E-state index contributed by atoms with van der Waals surface area (Å²) in [5, 5.41) is 12.7. The van der Waals surface area contributed by atoms with Crippen LogP contribution in [0.1, 0.15) is 31.8 Å². The molecule has 1 aromatic carbocycles. The van der Waals surface area contributed by atoms with Crippen molar-refractivity contribution in [2.24, 2.45) is 0 Å². The normalized spacial score (nSPS) is 12.3. The molecule has 1 amide bonds. The summed E-state index contributed by atoms with van der Waals surface area (Å²) in [4.78, 5) is 14.0. The van der Waals surface area contributed by atoms with E-state index in [-0.39, 0.29) is 18.2 Å². The Morgan fingerprint density at radius 2 is 1.96 bits per heavy atom. The van der Waals surface area contributed by atoms with E-state index >= 15 is 0 Å². The second-order valence-corrected chi connectivity index (χ2v) is 6.46. The number of carbonyl (C=O) groups is 1. The van der Waals surface area contributed by atoms with Crippen molar-refractivity contribution in [2.45, 2.75) is 26.6 Å². The molecule has 1 aromatic heterocycles. The number of halogens is 2. The Labute approximate surface area is 136 Å². The first-order valence-corrected chi connectivity index (χ1v) is 7.76. The monoisotopic (exact) mass is 341 g/mol. The molecule has 0 bridgehead atoms. The van der Waals surface area contributed by atoms with Gasteiger partial charge >= 0.3 is 6.61 Å². The van der Waals surface area contributed by atoms with E-state index in [0.29, 0.717) is 11.1 Å². The molecule has 0 saturated carbocycles. The van der Waals surface area contributed by atoms with Crippen LogP contribution in [0.4, 0.5) is 8.78 Å². The van der Waals surface area contributed by atoms with E-state index in [1.54, 1.807) is 6.07 Å². The van der Waals surface area contributed by atoms with E-state index in [2.05, 4.69) is 10.1 Å². The van der Waals surface area contributed by atoms with Gasteiger partial charge in [-0.25, -0.2) is 0 Å². The number of carbonyl (C=O) groups excluding carboxylic acids is 1. The van der Waals surface area contributed by atoms with Crippen LogP contribution in [-0.4, -0.2) is 24.2 Å². The van der Waals surface area contributed by atoms with Crippen LogP contribution in [0.2, 0.25) is 0 Å². The van der Waals surface area contributed by atoms with Gasteiger partial charge in [0.2, 0.25) is 0 Å². The zero-order chi connectivity index (χ0) is 17.0. The highest BCUT2D eigenvalue weighted by Crippen LogP contribution is 2.21. The molecule has 23 heavy (non-hydrogen) atoms. The second-order valence-electron chi connectivity index (χ2n) is 5.00. The number of aliphatic hydroxyl groups excluding tert-OH is 1. The van der Waals surface area contributed by atoms with E-state index in [0.717, 1.165) is 9.75 Å². The number of alkyl halides is 2. The third-order valence-corrected chi connectivity index (χ3v) is 4.20. The SMILES string of the molecule is Cc1cc(C(=O)NC[C@H](O)c2ccc(OC(F)F)cc2)c(C)s1.